The Morgan fingerprint density at radius 2 is 1.78 bits per heavy atom. The largest absolute Gasteiger partial charge is 0.507 e. The lowest BCUT2D eigenvalue weighted by Crippen LogP contribution is -2.29. The summed E-state index contributed by atoms with van der Waals surface area (Å²) >= 11 is 0. The number of aryl methyl sites for hydroxylation is 1. The van der Waals surface area contributed by atoms with Gasteiger partial charge in [0.15, 0.2) is 0 Å². The predicted molar refractivity (Wildman–Crippen MR) is 136 cm³/mol. The number of nitrogens with zero attached hydrogens (tertiary/aromatic N) is 1. The summed E-state index contributed by atoms with van der Waals surface area (Å²) in [5.74, 6) is -3.35. The summed E-state index contributed by atoms with van der Waals surface area (Å²) in [6.07, 6.45) is 0.682. The molecular weight excluding hydrogens is 477 g/mol. The Morgan fingerprint density at radius 3 is 2.43 bits per heavy atom. The van der Waals surface area contributed by atoms with E-state index < -0.39 is 35.3 Å². The molecule has 8 heteroatoms. The topological polar surface area (TPSA) is 93.1 Å². The molecule has 0 bridgehead atoms. The summed E-state index contributed by atoms with van der Waals surface area (Å²) in [5.41, 5.74) is 1.83. The number of hydrogen-bond acceptors (Lipinski definition) is 6. The molecule has 190 valence electrons. The smallest absolute Gasteiger partial charge is 0.338 e. The van der Waals surface area contributed by atoms with E-state index in [1.54, 1.807) is 30.3 Å². The van der Waals surface area contributed by atoms with Crippen LogP contribution in [0.1, 0.15) is 46.4 Å². The minimum absolute atomic E-state index is 0.0489. The van der Waals surface area contributed by atoms with Gasteiger partial charge in [-0.1, -0.05) is 36.8 Å². The van der Waals surface area contributed by atoms with Crippen molar-refractivity contribution in [2.45, 2.75) is 26.3 Å². The van der Waals surface area contributed by atoms with Crippen LogP contribution in [-0.2, 0) is 14.3 Å². The van der Waals surface area contributed by atoms with Crippen molar-refractivity contribution in [2.75, 3.05) is 18.6 Å². The Balaban J connectivity index is 1.87. The Kier molecular flexibility index (Phi) is 7.38. The molecule has 0 aromatic heterocycles. The average Bonchev–Trinajstić information content (AvgIpc) is 3.17. The molecule has 3 aromatic rings. The molecule has 1 aliphatic heterocycles. The maximum Gasteiger partial charge on any atom is 0.338 e. The molecule has 3 aromatic carbocycles. The van der Waals surface area contributed by atoms with E-state index >= 15 is 0 Å². The van der Waals surface area contributed by atoms with Crippen LogP contribution in [0.25, 0.3) is 5.76 Å². The van der Waals surface area contributed by atoms with Crippen LogP contribution in [0.15, 0.2) is 72.3 Å². The SMILES string of the molecule is CCCOC(=O)c1ccc(N2C(=O)C(=O)/C(=C(/O)c3cc(F)ccc3OC)C2c2cccc(C)c2)cc1. The molecule has 0 aliphatic carbocycles. The van der Waals surface area contributed by atoms with Gasteiger partial charge in [-0.3, -0.25) is 14.5 Å². The van der Waals surface area contributed by atoms with Crippen molar-refractivity contribution in [2.24, 2.45) is 0 Å². The van der Waals surface area contributed by atoms with E-state index in [-0.39, 0.29) is 23.5 Å². The van der Waals surface area contributed by atoms with Crippen LogP contribution in [-0.4, -0.2) is 36.5 Å². The number of ether oxygens (including phenoxy) is 2. The fraction of sp³-hybridized carbons (Fsp3) is 0.207. The normalized spacial score (nSPS) is 16.6. The number of aliphatic hydroxyl groups is 1. The van der Waals surface area contributed by atoms with E-state index in [0.29, 0.717) is 23.2 Å². The van der Waals surface area contributed by atoms with Crippen LogP contribution in [0.3, 0.4) is 0 Å². The molecule has 0 saturated carbocycles. The van der Waals surface area contributed by atoms with Crippen molar-refractivity contribution in [3.05, 3.63) is 100 Å². The first-order valence-corrected chi connectivity index (χ1v) is 11.8. The van der Waals surface area contributed by atoms with Crippen molar-refractivity contribution in [3.63, 3.8) is 0 Å². The third-order valence-corrected chi connectivity index (χ3v) is 6.04. The zero-order valence-corrected chi connectivity index (χ0v) is 20.7. The Hall–Kier alpha value is -4.46. The monoisotopic (exact) mass is 503 g/mol. The zero-order valence-electron chi connectivity index (χ0n) is 20.7. The molecule has 37 heavy (non-hydrogen) atoms. The van der Waals surface area contributed by atoms with Crippen molar-refractivity contribution < 1.29 is 33.4 Å². The fourth-order valence-electron chi connectivity index (χ4n) is 4.30. The van der Waals surface area contributed by atoms with Crippen LogP contribution in [0, 0.1) is 12.7 Å². The number of hydrogen-bond donors (Lipinski definition) is 1. The van der Waals surface area contributed by atoms with Gasteiger partial charge < -0.3 is 14.6 Å². The molecule has 1 amide bonds. The second-order valence-corrected chi connectivity index (χ2v) is 8.61. The molecule has 1 atom stereocenters. The number of carbonyl (C=O) groups is 3. The molecular formula is C29H26FNO6. The minimum atomic E-state index is -1.01. The highest BCUT2D eigenvalue weighted by Gasteiger charge is 2.47. The minimum Gasteiger partial charge on any atom is -0.507 e. The van der Waals surface area contributed by atoms with E-state index in [4.69, 9.17) is 9.47 Å². The lowest BCUT2D eigenvalue weighted by Gasteiger charge is -2.26. The predicted octanol–water partition coefficient (Wildman–Crippen LogP) is 5.34. The third-order valence-electron chi connectivity index (χ3n) is 6.04. The molecule has 1 heterocycles. The number of ketones is 1. The first-order chi connectivity index (χ1) is 17.8. The van der Waals surface area contributed by atoms with Gasteiger partial charge in [0, 0.05) is 5.69 Å². The number of methoxy groups -OCH3 is 1. The number of aliphatic hydroxyl groups excluding tert-OH is 1. The van der Waals surface area contributed by atoms with Gasteiger partial charge in [0.05, 0.1) is 36.5 Å². The number of Topliss-reactive ketones (excluding diaryl/α,β-unsaturated/α-hetero) is 1. The number of anilines is 1. The van der Waals surface area contributed by atoms with E-state index in [1.165, 1.54) is 36.3 Å². The molecule has 1 saturated heterocycles. The van der Waals surface area contributed by atoms with Gasteiger partial charge in [0.1, 0.15) is 17.3 Å². The van der Waals surface area contributed by atoms with Crippen LogP contribution < -0.4 is 9.64 Å². The first kappa shape index (κ1) is 25.6. The highest BCUT2D eigenvalue weighted by Crippen LogP contribution is 2.43. The number of benzene rings is 3. The van der Waals surface area contributed by atoms with Gasteiger partial charge in [-0.15, -0.1) is 0 Å². The number of esters is 1. The second-order valence-electron chi connectivity index (χ2n) is 8.61. The molecule has 1 fully saturated rings. The molecule has 7 nitrogen and oxygen atoms in total. The Bertz CT molecular complexity index is 1400. The quantitative estimate of drug-likeness (QED) is 0.203. The summed E-state index contributed by atoms with van der Waals surface area (Å²) in [6, 6.07) is 15.8. The zero-order chi connectivity index (χ0) is 26.7. The second kappa shape index (κ2) is 10.7. The highest BCUT2D eigenvalue weighted by molar-refractivity contribution is 6.51. The molecule has 4 rings (SSSR count). The van der Waals surface area contributed by atoms with Gasteiger partial charge >= 0.3 is 5.97 Å². The van der Waals surface area contributed by atoms with Crippen molar-refractivity contribution >= 4 is 29.1 Å². The maximum absolute atomic E-state index is 14.1. The van der Waals surface area contributed by atoms with Gasteiger partial charge in [-0.05, 0) is 61.4 Å². The van der Waals surface area contributed by atoms with Crippen LogP contribution >= 0.6 is 0 Å². The number of amides is 1. The summed E-state index contributed by atoms with van der Waals surface area (Å²) in [6.45, 7) is 4.03. The third kappa shape index (κ3) is 4.95. The highest BCUT2D eigenvalue weighted by atomic mass is 19.1. The van der Waals surface area contributed by atoms with E-state index in [1.807, 2.05) is 19.9 Å². The lowest BCUT2D eigenvalue weighted by molar-refractivity contribution is -0.132. The number of halogens is 1. The van der Waals surface area contributed by atoms with E-state index in [9.17, 15) is 23.9 Å². The van der Waals surface area contributed by atoms with Gasteiger partial charge in [-0.2, -0.15) is 0 Å². The van der Waals surface area contributed by atoms with E-state index in [0.717, 1.165) is 11.6 Å². The fourth-order valence-corrected chi connectivity index (χ4v) is 4.30. The molecule has 1 aliphatic rings. The Morgan fingerprint density at radius 1 is 1.05 bits per heavy atom. The van der Waals surface area contributed by atoms with Crippen LogP contribution in [0.4, 0.5) is 10.1 Å². The van der Waals surface area contributed by atoms with Crippen LogP contribution in [0.5, 0.6) is 5.75 Å². The standard InChI is InChI=1S/C29H26FNO6/c1-4-14-37-29(35)18-8-11-21(12-9-18)31-25(19-7-5-6-17(2)15-19)24(27(33)28(31)34)26(32)22-16-20(30)10-13-23(22)36-3/h5-13,15-16,25,32H,4,14H2,1-3H3/b26-24+. The average molecular weight is 504 g/mol. The van der Waals surface area contributed by atoms with Gasteiger partial charge in [-0.25, -0.2) is 9.18 Å². The summed E-state index contributed by atoms with van der Waals surface area (Å²) in [5, 5.41) is 11.3. The van der Waals surface area contributed by atoms with Crippen molar-refractivity contribution in [1.82, 2.24) is 0 Å². The van der Waals surface area contributed by atoms with Gasteiger partial charge in [0.25, 0.3) is 11.7 Å². The van der Waals surface area contributed by atoms with Crippen molar-refractivity contribution in [1.29, 1.82) is 0 Å². The number of carbonyl (C=O) groups excluding carboxylic acids is 3. The van der Waals surface area contributed by atoms with E-state index in [2.05, 4.69) is 0 Å². The lowest BCUT2D eigenvalue weighted by atomic mass is 9.94. The number of rotatable bonds is 7. The molecule has 1 unspecified atom stereocenters. The van der Waals surface area contributed by atoms with Crippen molar-refractivity contribution in [3.8, 4) is 5.75 Å². The summed E-state index contributed by atoms with van der Waals surface area (Å²) < 4.78 is 24.5. The summed E-state index contributed by atoms with van der Waals surface area (Å²) in [7, 11) is 1.35. The van der Waals surface area contributed by atoms with Crippen LogP contribution in [0.2, 0.25) is 0 Å². The Labute approximate surface area is 213 Å². The maximum atomic E-state index is 14.1. The van der Waals surface area contributed by atoms with Gasteiger partial charge in [0.2, 0.25) is 0 Å². The molecule has 1 N–H and O–H groups in total. The summed E-state index contributed by atoms with van der Waals surface area (Å²) in [4.78, 5) is 40.2. The molecule has 0 spiro atoms. The molecule has 0 radical (unpaired) electrons. The first-order valence-electron chi connectivity index (χ1n) is 11.8.